The van der Waals surface area contributed by atoms with Gasteiger partial charge in [-0.2, -0.15) is 0 Å². The lowest BCUT2D eigenvalue weighted by Crippen LogP contribution is -1.92. The van der Waals surface area contributed by atoms with Crippen molar-refractivity contribution in [3.8, 4) is 11.4 Å². The first-order valence-electron chi connectivity index (χ1n) is 4.29. The van der Waals surface area contributed by atoms with Crippen molar-refractivity contribution < 1.29 is 0 Å². The van der Waals surface area contributed by atoms with Crippen molar-refractivity contribution in [2.45, 2.75) is 6.92 Å². The molecule has 2 heterocycles. The number of nitrogens with zero attached hydrogens (tertiary/aromatic N) is 3. The van der Waals surface area contributed by atoms with Gasteiger partial charge in [0.05, 0.1) is 11.9 Å². The van der Waals surface area contributed by atoms with Crippen LogP contribution in [0.3, 0.4) is 0 Å². The first kappa shape index (κ1) is 10.3. The monoisotopic (exact) mass is 239 g/mol. The van der Waals surface area contributed by atoms with Crippen molar-refractivity contribution in [1.82, 2.24) is 15.0 Å². The zero-order chi connectivity index (χ0) is 10.8. The fourth-order valence-corrected chi connectivity index (χ4v) is 1.61. The molecule has 0 atom stereocenters. The van der Waals surface area contributed by atoms with E-state index >= 15 is 0 Å². The fourth-order valence-electron chi connectivity index (χ4n) is 1.19. The van der Waals surface area contributed by atoms with Crippen LogP contribution in [0.1, 0.15) is 5.69 Å². The van der Waals surface area contributed by atoms with E-state index in [4.69, 9.17) is 23.2 Å². The molecule has 0 unspecified atom stereocenters. The van der Waals surface area contributed by atoms with E-state index in [1.165, 1.54) is 6.20 Å². The summed E-state index contributed by atoms with van der Waals surface area (Å²) in [5.41, 5.74) is 2.15. The number of halogens is 2. The van der Waals surface area contributed by atoms with Crippen LogP contribution in [0.2, 0.25) is 10.3 Å². The van der Waals surface area contributed by atoms with Crippen molar-refractivity contribution in [1.29, 1.82) is 0 Å². The molecule has 0 aliphatic heterocycles. The molecule has 2 aromatic heterocycles. The van der Waals surface area contributed by atoms with Crippen LogP contribution in [0.4, 0.5) is 0 Å². The van der Waals surface area contributed by atoms with Gasteiger partial charge in [-0.3, -0.25) is 4.98 Å². The van der Waals surface area contributed by atoms with Gasteiger partial charge in [0.25, 0.3) is 0 Å². The van der Waals surface area contributed by atoms with E-state index in [1.807, 2.05) is 25.1 Å². The van der Waals surface area contributed by atoms with Crippen LogP contribution < -0.4 is 0 Å². The Balaban J connectivity index is 2.54. The van der Waals surface area contributed by atoms with Crippen molar-refractivity contribution in [3.63, 3.8) is 0 Å². The second-order valence-electron chi connectivity index (χ2n) is 3.00. The number of pyridine rings is 1. The molecule has 76 valence electrons. The van der Waals surface area contributed by atoms with Crippen LogP contribution in [0.15, 0.2) is 24.4 Å². The van der Waals surface area contributed by atoms with Gasteiger partial charge in [-0.1, -0.05) is 29.3 Å². The fraction of sp³-hybridized carbons (Fsp3) is 0.100. The van der Waals surface area contributed by atoms with Gasteiger partial charge in [0, 0.05) is 5.69 Å². The van der Waals surface area contributed by atoms with Gasteiger partial charge in [-0.15, -0.1) is 0 Å². The van der Waals surface area contributed by atoms with Gasteiger partial charge >= 0.3 is 0 Å². The average Bonchev–Trinajstić information content (AvgIpc) is 2.17. The van der Waals surface area contributed by atoms with E-state index in [2.05, 4.69) is 15.0 Å². The van der Waals surface area contributed by atoms with Gasteiger partial charge < -0.3 is 0 Å². The van der Waals surface area contributed by atoms with Gasteiger partial charge in [0.2, 0.25) is 0 Å². The van der Waals surface area contributed by atoms with Crippen LogP contribution in [0, 0.1) is 6.92 Å². The summed E-state index contributed by atoms with van der Waals surface area (Å²) in [6, 6.07) is 5.63. The summed E-state index contributed by atoms with van der Waals surface area (Å²) in [5, 5.41) is 0.539. The lowest BCUT2D eigenvalue weighted by molar-refractivity contribution is 1.14. The van der Waals surface area contributed by atoms with E-state index in [0.29, 0.717) is 11.4 Å². The maximum atomic E-state index is 5.92. The Kier molecular flexibility index (Phi) is 2.84. The topological polar surface area (TPSA) is 38.7 Å². The SMILES string of the molecule is Cc1cccc(-c2ncc(Cl)nc2Cl)n1. The van der Waals surface area contributed by atoms with E-state index in [0.717, 1.165) is 5.69 Å². The second-order valence-corrected chi connectivity index (χ2v) is 3.74. The van der Waals surface area contributed by atoms with Crippen LogP contribution >= 0.6 is 23.2 Å². The van der Waals surface area contributed by atoms with Crippen molar-refractivity contribution >= 4 is 23.2 Å². The summed E-state index contributed by atoms with van der Waals surface area (Å²) in [7, 11) is 0. The Morgan fingerprint density at radius 2 is 1.93 bits per heavy atom. The van der Waals surface area contributed by atoms with Gasteiger partial charge in [0.1, 0.15) is 10.8 Å². The lowest BCUT2D eigenvalue weighted by atomic mass is 10.2. The molecule has 0 fully saturated rings. The van der Waals surface area contributed by atoms with Gasteiger partial charge in [0.15, 0.2) is 5.15 Å². The molecule has 0 amide bonds. The van der Waals surface area contributed by atoms with Crippen LogP contribution in [-0.2, 0) is 0 Å². The maximum absolute atomic E-state index is 5.92. The molecule has 2 aromatic rings. The second kappa shape index (κ2) is 4.13. The van der Waals surface area contributed by atoms with E-state index in [-0.39, 0.29) is 10.3 Å². The van der Waals surface area contributed by atoms with E-state index < -0.39 is 0 Å². The molecule has 0 aliphatic carbocycles. The highest BCUT2D eigenvalue weighted by molar-refractivity contribution is 6.33. The van der Waals surface area contributed by atoms with Crippen molar-refractivity contribution in [2.75, 3.05) is 0 Å². The Morgan fingerprint density at radius 3 is 2.60 bits per heavy atom. The summed E-state index contributed by atoms with van der Waals surface area (Å²) in [6.45, 7) is 1.90. The zero-order valence-electron chi connectivity index (χ0n) is 7.91. The molecule has 0 N–H and O–H groups in total. The maximum Gasteiger partial charge on any atom is 0.158 e. The standard InChI is InChI=1S/C10H7Cl2N3/c1-6-3-2-4-7(14-6)9-10(12)15-8(11)5-13-9/h2-5H,1H3. The Morgan fingerprint density at radius 1 is 1.13 bits per heavy atom. The third-order valence-electron chi connectivity index (χ3n) is 1.83. The highest BCUT2D eigenvalue weighted by atomic mass is 35.5. The summed E-state index contributed by atoms with van der Waals surface area (Å²) < 4.78 is 0. The lowest BCUT2D eigenvalue weighted by Gasteiger charge is -2.02. The molecule has 0 aliphatic rings. The smallest absolute Gasteiger partial charge is 0.158 e. The minimum atomic E-state index is 0.264. The van der Waals surface area contributed by atoms with Crippen LogP contribution in [-0.4, -0.2) is 15.0 Å². The zero-order valence-corrected chi connectivity index (χ0v) is 9.42. The van der Waals surface area contributed by atoms with Crippen molar-refractivity contribution in [2.24, 2.45) is 0 Å². The first-order chi connectivity index (χ1) is 7.16. The molecule has 15 heavy (non-hydrogen) atoms. The molecule has 0 spiro atoms. The molecule has 0 saturated heterocycles. The predicted octanol–water partition coefficient (Wildman–Crippen LogP) is 3.15. The Bertz CT molecular complexity index is 500. The molecule has 0 aromatic carbocycles. The summed E-state index contributed by atoms with van der Waals surface area (Å²) in [6.07, 6.45) is 1.45. The molecule has 2 rings (SSSR count). The highest BCUT2D eigenvalue weighted by Gasteiger charge is 2.08. The molecule has 0 radical (unpaired) electrons. The first-order valence-corrected chi connectivity index (χ1v) is 5.04. The molecule has 3 nitrogen and oxygen atoms in total. The highest BCUT2D eigenvalue weighted by Crippen LogP contribution is 2.23. The van der Waals surface area contributed by atoms with Crippen LogP contribution in [0.5, 0.6) is 0 Å². The number of hydrogen-bond donors (Lipinski definition) is 0. The average molecular weight is 240 g/mol. The number of aromatic nitrogens is 3. The Labute approximate surface area is 97.1 Å². The van der Waals surface area contributed by atoms with Gasteiger partial charge in [-0.05, 0) is 19.1 Å². The number of hydrogen-bond acceptors (Lipinski definition) is 3. The molecular weight excluding hydrogens is 233 g/mol. The summed E-state index contributed by atoms with van der Waals surface area (Å²) in [5.74, 6) is 0. The normalized spacial score (nSPS) is 10.3. The number of aryl methyl sites for hydroxylation is 1. The molecule has 0 saturated carbocycles. The van der Waals surface area contributed by atoms with Crippen LogP contribution in [0.25, 0.3) is 11.4 Å². The molecule has 5 heteroatoms. The largest absolute Gasteiger partial charge is 0.251 e. The Hall–Kier alpha value is -1.19. The minimum Gasteiger partial charge on any atom is -0.251 e. The third kappa shape index (κ3) is 2.25. The third-order valence-corrected chi connectivity index (χ3v) is 2.28. The quantitative estimate of drug-likeness (QED) is 0.768. The molecular formula is C10H7Cl2N3. The predicted molar refractivity (Wildman–Crippen MR) is 60.0 cm³/mol. The minimum absolute atomic E-state index is 0.264. The summed E-state index contributed by atoms with van der Waals surface area (Å²) in [4.78, 5) is 12.3. The number of rotatable bonds is 1. The van der Waals surface area contributed by atoms with Crippen molar-refractivity contribution in [3.05, 3.63) is 40.4 Å². The van der Waals surface area contributed by atoms with E-state index in [1.54, 1.807) is 0 Å². The molecule has 0 bridgehead atoms. The summed E-state index contributed by atoms with van der Waals surface area (Å²) >= 11 is 11.6. The van der Waals surface area contributed by atoms with Gasteiger partial charge in [-0.25, -0.2) is 9.97 Å². The van der Waals surface area contributed by atoms with E-state index in [9.17, 15) is 0 Å².